The molecule has 0 aromatic heterocycles. The van der Waals surface area contributed by atoms with Gasteiger partial charge in [0, 0.05) is 11.5 Å². The summed E-state index contributed by atoms with van der Waals surface area (Å²) in [4.78, 5) is 40.0. The fourth-order valence-electron chi connectivity index (χ4n) is 5.50. The predicted molar refractivity (Wildman–Crippen MR) is 109 cm³/mol. The van der Waals surface area contributed by atoms with Crippen molar-refractivity contribution in [1.82, 2.24) is 4.90 Å². The highest BCUT2D eigenvalue weighted by Gasteiger charge is 2.64. The van der Waals surface area contributed by atoms with Crippen molar-refractivity contribution >= 4 is 23.2 Å². The Morgan fingerprint density at radius 1 is 1.19 bits per heavy atom. The number of amides is 1. The smallest absolute Gasteiger partial charge is 0.255 e. The second-order valence-corrected chi connectivity index (χ2v) is 8.70. The molecule has 164 valence electrons. The molecule has 3 aliphatic rings. The number of ketones is 2. The number of nitrogens with two attached hydrogens (primary N) is 1. The van der Waals surface area contributed by atoms with Crippen LogP contribution in [0.1, 0.15) is 30.4 Å². The van der Waals surface area contributed by atoms with E-state index in [0.29, 0.717) is 5.56 Å². The molecule has 1 amide bonds. The van der Waals surface area contributed by atoms with E-state index in [9.17, 15) is 34.8 Å². The molecule has 1 aromatic carbocycles. The third-order valence-corrected chi connectivity index (χ3v) is 6.96. The monoisotopic (exact) mass is 428 g/mol. The van der Waals surface area contributed by atoms with Gasteiger partial charge in [-0.25, -0.2) is 0 Å². The van der Waals surface area contributed by atoms with Crippen LogP contribution in [0.25, 0.3) is 5.76 Å². The fraction of sp³-hybridized carbons (Fsp3) is 0.409. The number of carbonyl (C=O) groups is 3. The molecule has 0 heterocycles. The maximum absolute atomic E-state index is 13.6. The van der Waals surface area contributed by atoms with Gasteiger partial charge in [0.15, 0.2) is 11.4 Å². The van der Waals surface area contributed by atoms with Gasteiger partial charge in [0.25, 0.3) is 5.91 Å². The number of primary amides is 1. The van der Waals surface area contributed by atoms with Gasteiger partial charge in [-0.05, 0) is 44.0 Å². The minimum absolute atomic E-state index is 0.0720. The van der Waals surface area contributed by atoms with Crippen LogP contribution < -0.4 is 5.73 Å². The molecule has 0 spiro atoms. The molecule has 0 bridgehead atoms. The lowest BCUT2D eigenvalue weighted by Crippen LogP contribution is -2.65. The molecule has 1 fully saturated rings. The van der Waals surface area contributed by atoms with Gasteiger partial charge in [-0.1, -0.05) is 19.1 Å². The van der Waals surface area contributed by atoms with Gasteiger partial charge in [0.05, 0.1) is 11.6 Å². The number of aliphatic hydroxyl groups excluding tert-OH is 2. The Hall–Kier alpha value is -3.17. The summed E-state index contributed by atoms with van der Waals surface area (Å²) in [6.07, 6.45) is 0.0720. The number of aromatic hydroxyl groups is 1. The molecule has 1 saturated carbocycles. The van der Waals surface area contributed by atoms with Crippen LogP contribution >= 0.6 is 0 Å². The summed E-state index contributed by atoms with van der Waals surface area (Å²) in [5.74, 6) is -6.82. The van der Waals surface area contributed by atoms with Crippen LogP contribution in [0.4, 0.5) is 0 Å². The first-order valence-electron chi connectivity index (χ1n) is 9.91. The first-order valence-corrected chi connectivity index (χ1v) is 9.91. The SMILES string of the molecule is CC1c2cccc(O)c2C(O)=C2C(=O)[C@]3(O)C(O)=C(C(N)=O)C(=O)[C@@H](N(C)C)[C@@H]3C[C@@H]21. The van der Waals surface area contributed by atoms with E-state index in [0.717, 1.165) is 0 Å². The molecule has 9 nitrogen and oxygen atoms in total. The summed E-state index contributed by atoms with van der Waals surface area (Å²) in [7, 11) is 3.13. The zero-order chi connectivity index (χ0) is 23.0. The van der Waals surface area contributed by atoms with Gasteiger partial charge in [-0.15, -0.1) is 0 Å². The van der Waals surface area contributed by atoms with Gasteiger partial charge in [-0.3, -0.25) is 19.3 Å². The summed E-state index contributed by atoms with van der Waals surface area (Å²) < 4.78 is 0. The van der Waals surface area contributed by atoms with E-state index in [4.69, 9.17) is 5.73 Å². The maximum atomic E-state index is 13.6. The van der Waals surface area contributed by atoms with E-state index in [2.05, 4.69) is 0 Å². The number of fused-ring (bicyclic) bond motifs is 3. The second-order valence-electron chi connectivity index (χ2n) is 8.70. The molecule has 31 heavy (non-hydrogen) atoms. The van der Waals surface area contributed by atoms with Crippen LogP contribution in [0.15, 0.2) is 35.1 Å². The quantitative estimate of drug-likeness (QED) is 0.426. The number of Topliss-reactive ketones (excluding diaryl/α,β-unsaturated/α-hetero) is 2. The van der Waals surface area contributed by atoms with Crippen molar-refractivity contribution < 1.29 is 34.8 Å². The molecule has 5 atom stereocenters. The lowest BCUT2D eigenvalue weighted by atomic mass is 9.55. The summed E-state index contributed by atoms with van der Waals surface area (Å²) >= 11 is 0. The second kappa shape index (κ2) is 6.66. The summed E-state index contributed by atoms with van der Waals surface area (Å²) in [6, 6.07) is 3.64. The van der Waals surface area contributed by atoms with Crippen molar-refractivity contribution in [2.45, 2.75) is 30.9 Å². The number of phenols is 1. The van der Waals surface area contributed by atoms with Crippen LogP contribution in [-0.2, 0) is 14.4 Å². The molecule has 1 unspecified atom stereocenters. The average molecular weight is 428 g/mol. The first kappa shape index (κ1) is 21.1. The number of benzene rings is 1. The molecule has 4 rings (SSSR count). The van der Waals surface area contributed by atoms with Crippen LogP contribution in [0, 0.1) is 11.8 Å². The molecule has 0 saturated heterocycles. The molecule has 6 N–H and O–H groups in total. The number of hydrogen-bond donors (Lipinski definition) is 5. The molecule has 0 radical (unpaired) electrons. The zero-order valence-corrected chi connectivity index (χ0v) is 17.3. The van der Waals surface area contributed by atoms with Crippen molar-refractivity contribution in [3.05, 3.63) is 46.2 Å². The van der Waals surface area contributed by atoms with E-state index in [1.807, 2.05) is 6.92 Å². The lowest BCUT2D eigenvalue weighted by Gasteiger charge is -2.51. The van der Waals surface area contributed by atoms with Crippen LogP contribution in [0.5, 0.6) is 5.75 Å². The number of rotatable bonds is 2. The van der Waals surface area contributed by atoms with Crippen LogP contribution in [-0.4, -0.2) is 68.5 Å². The van der Waals surface area contributed by atoms with Crippen molar-refractivity contribution in [3.63, 3.8) is 0 Å². The van der Waals surface area contributed by atoms with Crippen molar-refractivity contribution in [3.8, 4) is 5.75 Å². The highest BCUT2D eigenvalue weighted by molar-refractivity contribution is 6.24. The van der Waals surface area contributed by atoms with Gasteiger partial charge >= 0.3 is 0 Å². The number of hydrogen-bond acceptors (Lipinski definition) is 8. The number of aliphatic hydroxyl groups is 3. The molecular formula is C22H24N2O7. The summed E-state index contributed by atoms with van der Waals surface area (Å²) in [6.45, 7) is 1.83. The predicted octanol–water partition coefficient (Wildman–Crippen LogP) is 0.525. The van der Waals surface area contributed by atoms with Crippen LogP contribution in [0.2, 0.25) is 0 Å². The average Bonchev–Trinajstić information content (AvgIpc) is 2.68. The number of carbonyl (C=O) groups excluding carboxylic acids is 3. The Morgan fingerprint density at radius 2 is 1.84 bits per heavy atom. The highest BCUT2D eigenvalue weighted by Crippen LogP contribution is 2.55. The number of nitrogens with zero attached hydrogens (tertiary/aromatic N) is 1. The van der Waals surface area contributed by atoms with E-state index in [1.54, 1.807) is 26.2 Å². The fourth-order valence-corrected chi connectivity index (χ4v) is 5.50. The van der Waals surface area contributed by atoms with Crippen molar-refractivity contribution in [2.75, 3.05) is 14.1 Å². The van der Waals surface area contributed by atoms with Gasteiger partial charge in [0.1, 0.15) is 22.8 Å². The maximum Gasteiger partial charge on any atom is 0.255 e. The standard InChI is InChI=1S/C22H24N2O7/c1-8-9-5-4-6-12(25)13(9)17(26)14-10(8)7-11-16(24(2)3)18(27)15(21(23)30)20(29)22(11,31)19(14)28/h4-6,8,10-11,16,25-26,29,31H,7H2,1-3H3,(H2,23,30)/t8?,10-,11+,16+,22+/m1/s1. The summed E-state index contributed by atoms with van der Waals surface area (Å²) in [5.41, 5.74) is 2.42. The normalized spacial score (nSPS) is 32.7. The van der Waals surface area contributed by atoms with E-state index >= 15 is 0 Å². The Bertz CT molecular complexity index is 1100. The van der Waals surface area contributed by atoms with Gasteiger partial charge in [-0.2, -0.15) is 0 Å². The van der Waals surface area contributed by atoms with Crippen LogP contribution in [0.3, 0.4) is 0 Å². The van der Waals surface area contributed by atoms with E-state index < -0.39 is 58.0 Å². The third-order valence-electron chi connectivity index (χ3n) is 6.96. The molecular weight excluding hydrogens is 404 g/mol. The Kier molecular flexibility index (Phi) is 4.53. The lowest BCUT2D eigenvalue weighted by molar-refractivity contribution is -0.154. The van der Waals surface area contributed by atoms with Crippen molar-refractivity contribution in [1.29, 1.82) is 0 Å². The Labute approximate surface area is 178 Å². The van der Waals surface area contributed by atoms with E-state index in [1.165, 1.54) is 11.0 Å². The highest BCUT2D eigenvalue weighted by atomic mass is 16.3. The minimum Gasteiger partial charge on any atom is -0.508 e. The summed E-state index contributed by atoms with van der Waals surface area (Å²) in [5, 5.41) is 43.5. The Morgan fingerprint density at radius 3 is 2.42 bits per heavy atom. The zero-order valence-electron chi connectivity index (χ0n) is 17.3. The minimum atomic E-state index is -2.62. The van der Waals surface area contributed by atoms with Gasteiger partial charge in [0.2, 0.25) is 5.78 Å². The largest absolute Gasteiger partial charge is 0.508 e. The molecule has 1 aromatic rings. The van der Waals surface area contributed by atoms with E-state index in [-0.39, 0.29) is 29.2 Å². The topological polar surface area (TPSA) is 161 Å². The molecule has 3 aliphatic carbocycles. The van der Waals surface area contributed by atoms with Gasteiger partial charge < -0.3 is 26.2 Å². The first-order chi connectivity index (χ1) is 14.4. The number of likely N-dealkylation sites (N-methyl/N-ethyl adjacent to an activating group) is 1. The Balaban J connectivity index is 2.01. The van der Waals surface area contributed by atoms with Crippen molar-refractivity contribution in [2.24, 2.45) is 17.6 Å². The third kappa shape index (κ3) is 2.53. The molecule has 9 heteroatoms. The number of phenolic OH excluding ortho intramolecular Hbond substituents is 1. The molecule has 0 aliphatic heterocycles.